The molecule has 2 aromatic rings. The molecule has 5 nitrogen and oxygen atoms in total. The Labute approximate surface area is 179 Å². The predicted molar refractivity (Wildman–Crippen MR) is 111 cm³/mol. The molecule has 2 aromatic carbocycles. The van der Waals surface area contributed by atoms with E-state index in [9.17, 15) is 18.7 Å². The van der Waals surface area contributed by atoms with Gasteiger partial charge in [0.25, 0.3) is 0 Å². The summed E-state index contributed by atoms with van der Waals surface area (Å²) in [5.74, 6) is -3.27. The number of hydrogen-bond acceptors (Lipinski definition) is 5. The van der Waals surface area contributed by atoms with Gasteiger partial charge in [0, 0.05) is 0 Å². The fourth-order valence-electron chi connectivity index (χ4n) is 3.69. The summed E-state index contributed by atoms with van der Waals surface area (Å²) in [6.45, 7) is 8.44. The number of aliphatic hydroxyl groups is 1. The van der Waals surface area contributed by atoms with Crippen molar-refractivity contribution in [2.45, 2.75) is 52.2 Å². The number of nitriles is 1. The fraction of sp³-hybridized carbons (Fsp3) is 0.333. The predicted octanol–water partition coefficient (Wildman–Crippen LogP) is 5.62. The minimum atomic E-state index is -1.18. The standard InChI is InChI=1S/C24H23F2NO4/c1-6-14-7-8-15(30-20-17(25)9-13(12-27)10-18(20)26)11-16(14)19-21(28)23(2,3)31-24(4,5)22(19)29/h7-11,28H,6H2,1-5H3. The van der Waals surface area contributed by atoms with E-state index in [1.165, 1.54) is 12.1 Å². The Kier molecular flexibility index (Phi) is 5.64. The lowest BCUT2D eigenvalue weighted by Crippen LogP contribution is -2.49. The first-order valence-electron chi connectivity index (χ1n) is 9.80. The van der Waals surface area contributed by atoms with E-state index in [1.54, 1.807) is 39.8 Å². The minimum absolute atomic E-state index is 0.0740. The van der Waals surface area contributed by atoms with Crippen molar-refractivity contribution in [1.29, 1.82) is 5.26 Å². The van der Waals surface area contributed by atoms with Gasteiger partial charge in [-0.2, -0.15) is 5.26 Å². The van der Waals surface area contributed by atoms with Gasteiger partial charge in [-0.3, -0.25) is 4.79 Å². The number of nitrogens with zero attached hydrogens (tertiary/aromatic N) is 1. The van der Waals surface area contributed by atoms with Crippen molar-refractivity contribution in [3.05, 3.63) is 64.4 Å². The molecule has 0 bridgehead atoms. The van der Waals surface area contributed by atoms with E-state index in [2.05, 4.69) is 0 Å². The summed E-state index contributed by atoms with van der Waals surface area (Å²) >= 11 is 0. The number of aliphatic hydroxyl groups excluding tert-OH is 1. The maximum Gasteiger partial charge on any atom is 0.198 e. The van der Waals surface area contributed by atoms with Gasteiger partial charge in [-0.05, 0) is 69.5 Å². The molecule has 7 heteroatoms. The number of aryl methyl sites for hydroxylation is 1. The van der Waals surface area contributed by atoms with Crippen LogP contribution in [0.15, 0.2) is 36.1 Å². The molecule has 0 aromatic heterocycles. The lowest BCUT2D eigenvalue weighted by Gasteiger charge is -2.40. The first kappa shape index (κ1) is 22.4. The Balaban J connectivity index is 2.15. The van der Waals surface area contributed by atoms with E-state index in [-0.39, 0.29) is 22.6 Å². The second kappa shape index (κ2) is 7.78. The molecule has 0 aliphatic carbocycles. The Morgan fingerprint density at radius 1 is 1.10 bits per heavy atom. The molecule has 0 atom stereocenters. The average Bonchev–Trinajstić information content (AvgIpc) is 2.69. The van der Waals surface area contributed by atoms with Crippen LogP contribution >= 0.6 is 0 Å². The molecule has 162 valence electrons. The third kappa shape index (κ3) is 4.04. The molecule has 1 heterocycles. The lowest BCUT2D eigenvalue weighted by molar-refractivity contribution is -0.158. The number of halogens is 2. The van der Waals surface area contributed by atoms with Gasteiger partial charge in [-0.25, -0.2) is 8.78 Å². The smallest absolute Gasteiger partial charge is 0.198 e. The number of hydrogen-bond donors (Lipinski definition) is 1. The molecule has 3 rings (SSSR count). The number of carbonyl (C=O) groups is 1. The van der Waals surface area contributed by atoms with Gasteiger partial charge in [0.2, 0.25) is 0 Å². The second-order valence-electron chi connectivity index (χ2n) is 8.33. The van der Waals surface area contributed by atoms with Crippen molar-refractivity contribution in [3.63, 3.8) is 0 Å². The van der Waals surface area contributed by atoms with Gasteiger partial charge in [0.05, 0.1) is 17.2 Å². The number of benzene rings is 2. The molecular weight excluding hydrogens is 404 g/mol. The summed E-state index contributed by atoms with van der Waals surface area (Å²) in [6, 6.07) is 8.09. The molecule has 0 amide bonds. The van der Waals surface area contributed by atoms with Crippen molar-refractivity contribution in [3.8, 4) is 17.6 Å². The van der Waals surface area contributed by atoms with Gasteiger partial charge in [-0.15, -0.1) is 0 Å². The fourth-order valence-corrected chi connectivity index (χ4v) is 3.69. The Morgan fingerprint density at radius 2 is 1.71 bits per heavy atom. The summed E-state index contributed by atoms with van der Waals surface area (Å²) in [5, 5.41) is 19.7. The Bertz CT molecular complexity index is 1120. The van der Waals surface area contributed by atoms with Gasteiger partial charge >= 0.3 is 0 Å². The number of rotatable bonds is 4. The highest BCUT2D eigenvalue weighted by molar-refractivity contribution is 6.26. The van der Waals surface area contributed by atoms with Crippen molar-refractivity contribution in [1.82, 2.24) is 0 Å². The number of carbonyl (C=O) groups excluding carboxylic acids is 1. The highest BCUT2D eigenvalue weighted by Gasteiger charge is 2.47. The largest absolute Gasteiger partial charge is 0.508 e. The summed E-state index contributed by atoms with van der Waals surface area (Å²) in [6.07, 6.45) is 0.543. The van der Waals surface area contributed by atoms with Crippen molar-refractivity contribution in [2.24, 2.45) is 0 Å². The number of ketones is 1. The van der Waals surface area contributed by atoms with Crippen LogP contribution in [0.2, 0.25) is 0 Å². The van der Waals surface area contributed by atoms with Crippen molar-refractivity contribution in [2.75, 3.05) is 0 Å². The van der Waals surface area contributed by atoms with Crippen LogP contribution in [0.3, 0.4) is 0 Å². The molecule has 0 saturated heterocycles. The van der Waals surface area contributed by atoms with E-state index in [0.29, 0.717) is 12.0 Å². The molecule has 31 heavy (non-hydrogen) atoms. The second-order valence-corrected chi connectivity index (χ2v) is 8.33. The summed E-state index contributed by atoms with van der Waals surface area (Å²) in [5.41, 5.74) is -1.22. The monoisotopic (exact) mass is 427 g/mol. The van der Waals surface area contributed by atoms with Crippen LogP contribution in [0.1, 0.15) is 51.3 Å². The van der Waals surface area contributed by atoms with Gasteiger partial charge in [0.1, 0.15) is 22.7 Å². The Hall–Kier alpha value is -3.24. The zero-order chi connectivity index (χ0) is 23.1. The van der Waals surface area contributed by atoms with Gasteiger partial charge in [-0.1, -0.05) is 13.0 Å². The molecule has 0 saturated carbocycles. The average molecular weight is 427 g/mol. The lowest BCUT2D eigenvalue weighted by atomic mass is 9.81. The zero-order valence-electron chi connectivity index (χ0n) is 18.0. The molecule has 0 radical (unpaired) electrons. The highest BCUT2D eigenvalue weighted by atomic mass is 19.1. The molecular formula is C24H23F2NO4. The number of Topliss-reactive ketones (excluding diaryl/α,β-unsaturated/α-hetero) is 1. The summed E-state index contributed by atoms with van der Waals surface area (Å²) < 4.78 is 39.8. The highest BCUT2D eigenvalue weighted by Crippen LogP contribution is 2.42. The molecule has 1 aliphatic rings. The zero-order valence-corrected chi connectivity index (χ0v) is 18.0. The number of ether oxygens (including phenoxy) is 2. The third-order valence-corrected chi connectivity index (χ3v) is 5.17. The maximum absolute atomic E-state index is 14.3. The topological polar surface area (TPSA) is 79.6 Å². The first-order valence-corrected chi connectivity index (χ1v) is 9.80. The summed E-state index contributed by atoms with van der Waals surface area (Å²) in [4.78, 5) is 13.1. The first-order chi connectivity index (χ1) is 14.4. The molecule has 0 fully saturated rings. The van der Waals surface area contributed by atoms with E-state index in [4.69, 9.17) is 14.7 Å². The van der Waals surface area contributed by atoms with Crippen molar-refractivity contribution < 1.29 is 28.2 Å². The third-order valence-electron chi connectivity index (χ3n) is 5.17. The van der Waals surface area contributed by atoms with Crippen LogP contribution in [0.4, 0.5) is 8.78 Å². The maximum atomic E-state index is 14.3. The summed E-state index contributed by atoms with van der Waals surface area (Å²) in [7, 11) is 0. The Morgan fingerprint density at radius 3 is 2.26 bits per heavy atom. The minimum Gasteiger partial charge on any atom is -0.508 e. The molecule has 1 aliphatic heterocycles. The van der Waals surface area contributed by atoms with E-state index >= 15 is 0 Å². The normalized spacial score (nSPS) is 17.4. The van der Waals surface area contributed by atoms with Crippen LogP contribution in [0.5, 0.6) is 11.5 Å². The van der Waals surface area contributed by atoms with Crippen LogP contribution in [0, 0.1) is 23.0 Å². The van der Waals surface area contributed by atoms with Crippen LogP contribution in [0.25, 0.3) is 5.57 Å². The van der Waals surface area contributed by atoms with Crippen molar-refractivity contribution >= 4 is 11.4 Å². The van der Waals surface area contributed by atoms with Crippen LogP contribution in [-0.2, 0) is 16.0 Å². The SMILES string of the molecule is CCc1ccc(Oc2c(F)cc(C#N)cc2F)cc1C1=C(O)C(C)(C)OC(C)(C)C1=O. The van der Waals surface area contributed by atoms with Crippen LogP contribution in [-0.4, -0.2) is 22.1 Å². The van der Waals surface area contributed by atoms with E-state index in [1.807, 2.05) is 6.92 Å². The molecule has 0 unspecified atom stereocenters. The quantitative estimate of drug-likeness (QED) is 0.685. The van der Waals surface area contributed by atoms with E-state index in [0.717, 1.165) is 17.7 Å². The van der Waals surface area contributed by atoms with Crippen LogP contribution < -0.4 is 4.74 Å². The molecule has 0 spiro atoms. The van der Waals surface area contributed by atoms with Gasteiger partial charge in [0.15, 0.2) is 23.2 Å². The molecule has 1 N–H and O–H groups in total. The van der Waals surface area contributed by atoms with E-state index < -0.39 is 34.4 Å². The van der Waals surface area contributed by atoms with Gasteiger partial charge < -0.3 is 14.6 Å².